The fraction of sp³-hybridized carbons (Fsp3) is 0.474. The van der Waals surface area contributed by atoms with E-state index in [0.717, 1.165) is 29.3 Å². The van der Waals surface area contributed by atoms with Gasteiger partial charge in [-0.2, -0.15) is 0 Å². The molecule has 4 heteroatoms. The van der Waals surface area contributed by atoms with Crippen molar-refractivity contribution in [2.45, 2.75) is 45.6 Å². The van der Waals surface area contributed by atoms with Crippen LogP contribution in [-0.4, -0.2) is 11.8 Å². The minimum absolute atomic E-state index is 0.0210. The van der Waals surface area contributed by atoms with Crippen LogP contribution in [0.3, 0.4) is 0 Å². The number of carbonyl (C=O) groups excluding carboxylic acids is 2. The van der Waals surface area contributed by atoms with Crippen LogP contribution in [0.15, 0.2) is 40.9 Å². The third-order valence-corrected chi connectivity index (χ3v) is 5.53. The number of halogens is 1. The topological polar surface area (TPSA) is 43.4 Å². The summed E-state index contributed by atoms with van der Waals surface area (Å²) in [5.74, 6) is -0.416. The molecule has 0 bridgehead atoms. The molecule has 0 aromatic heterocycles. The van der Waals surface area contributed by atoms with Crippen LogP contribution in [0.5, 0.6) is 0 Å². The number of ketones is 1. The number of benzene rings is 1. The van der Waals surface area contributed by atoms with Crippen LogP contribution >= 0.6 is 15.9 Å². The molecule has 0 amide bonds. The minimum atomic E-state index is -1.09. The number of rotatable bonds is 1. The lowest BCUT2D eigenvalue weighted by atomic mass is 9.64. The number of carbonyl (C=O) groups is 2. The standard InChI is InChI=1S/C19H21BrO3/c1-18(2)15(13-7-9-14(20)10-8-13)23-17(22)19(16(18)21)11-5-3-4-6-12-19/h5,7-11,15H,3-4,6,12H2,1-2H3. The summed E-state index contributed by atoms with van der Waals surface area (Å²) in [4.78, 5) is 26.0. The molecule has 0 saturated carbocycles. The fourth-order valence-electron chi connectivity index (χ4n) is 3.66. The maximum absolute atomic E-state index is 13.3. The molecule has 1 aromatic rings. The summed E-state index contributed by atoms with van der Waals surface area (Å²) in [5, 5.41) is 0. The molecule has 3 nitrogen and oxygen atoms in total. The van der Waals surface area contributed by atoms with Gasteiger partial charge in [-0.05, 0) is 50.8 Å². The van der Waals surface area contributed by atoms with Crippen LogP contribution in [0.25, 0.3) is 0 Å². The lowest BCUT2D eigenvalue weighted by Crippen LogP contribution is -2.54. The van der Waals surface area contributed by atoms with Gasteiger partial charge in [0.2, 0.25) is 0 Å². The zero-order valence-corrected chi connectivity index (χ0v) is 15.1. The molecule has 2 aliphatic rings. The third-order valence-electron chi connectivity index (χ3n) is 5.00. The summed E-state index contributed by atoms with van der Waals surface area (Å²) < 4.78 is 6.77. The van der Waals surface area contributed by atoms with Gasteiger partial charge in [-0.1, -0.05) is 46.6 Å². The Labute approximate surface area is 145 Å². The number of hydrogen-bond acceptors (Lipinski definition) is 3. The van der Waals surface area contributed by atoms with Gasteiger partial charge in [0.25, 0.3) is 0 Å². The molecule has 1 aromatic carbocycles. The van der Waals surface area contributed by atoms with Gasteiger partial charge in [-0.3, -0.25) is 9.59 Å². The molecule has 1 spiro atoms. The van der Waals surface area contributed by atoms with Crippen LogP contribution in [0.1, 0.15) is 51.2 Å². The molecular formula is C19H21BrO3. The van der Waals surface area contributed by atoms with E-state index < -0.39 is 22.9 Å². The molecule has 1 fully saturated rings. The Bertz CT molecular complexity index is 660. The first-order valence-electron chi connectivity index (χ1n) is 8.07. The summed E-state index contributed by atoms with van der Waals surface area (Å²) in [6, 6.07) is 7.61. The van der Waals surface area contributed by atoms with Crippen LogP contribution in [0.2, 0.25) is 0 Å². The molecule has 0 radical (unpaired) electrons. The average molecular weight is 377 g/mol. The van der Waals surface area contributed by atoms with Crippen molar-refractivity contribution >= 4 is 27.7 Å². The van der Waals surface area contributed by atoms with E-state index in [1.165, 1.54) is 0 Å². The van der Waals surface area contributed by atoms with E-state index >= 15 is 0 Å². The summed E-state index contributed by atoms with van der Waals surface area (Å²) in [7, 11) is 0. The number of cyclic esters (lactones) is 1. The van der Waals surface area contributed by atoms with Crippen molar-refractivity contribution in [3.63, 3.8) is 0 Å². The predicted octanol–water partition coefficient (Wildman–Crippen LogP) is 4.76. The molecule has 3 rings (SSSR count). The summed E-state index contributed by atoms with van der Waals surface area (Å²) in [5.41, 5.74) is -0.991. The second-order valence-electron chi connectivity index (χ2n) is 7.01. The molecule has 1 saturated heterocycles. The van der Waals surface area contributed by atoms with E-state index in [-0.39, 0.29) is 5.78 Å². The first-order chi connectivity index (χ1) is 10.9. The maximum atomic E-state index is 13.3. The Hall–Kier alpha value is -1.42. The number of allylic oxidation sites excluding steroid dienone is 1. The normalized spacial score (nSPS) is 30.1. The Kier molecular flexibility index (Phi) is 4.21. The van der Waals surface area contributed by atoms with E-state index in [1.54, 1.807) is 6.08 Å². The second kappa shape index (κ2) is 5.90. The number of esters is 1. The van der Waals surface area contributed by atoms with E-state index in [0.29, 0.717) is 6.42 Å². The van der Waals surface area contributed by atoms with Crippen LogP contribution in [0, 0.1) is 10.8 Å². The smallest absolute Gasteiger partial charge is 0.324 e. The highest BCUT2D eigenvalue weighted by Crippen LogP contribution is 2.51. The number of hydrogen-bond donors (Lipinski definition) is 0. The largest absolute Gasteiger partial charge is 0.455 e. The van der Waals surface area contributed by atoms with Gasteiger partial charge in [0.05, 0.1) is 5.41 Å². The summed E-state index contributed by atoms with van der Waals surface area (Å²) in [6.45, 7) is 3.77. The molecule has 2 atom stereocenters. The monoisotopic (exact) mass is 376 g/mol. The fourth-order valence-corrected chi connectivity index (χ4v) is 3.93. The molecule has 0 N–H and O–H groups in total. The lowest BCUT2D eigenvalue weighted by Gasteiger charge is -2.45. The van der Waals surface area contributed by atoms with Crippen LogP contribution in [0.4, 0.5) is 0 Å². The molecule has 23 heavy (non-hydrogen) atoms. The molecule has 1 heterocycles. The van der Waals surface area contributed by atoms with E-state index in [1.807, 2.05) is 44.2 Å². The molecule has 2 unspecified atom stereocenters. The molecular weight excluding hydrogens is 356 g/mol. The highest BCUT2D eigenvalue weighted by molar-refractivity contribution is 9.10. The zero-order valence-electron chi connectivity index (χ0n) is 13.5. The van der Waals surface area contributed by atoms with Crippen LogP contribution < -0.4 is 0 Å². The van der Waals surface area contributed by atoms with Crippen molar-refractivity contribution in [1.29, 1.82) is 0 Å². The lowest BCUT2D eigenvalue weighted by molar-refractivity contribution is -0.185. The minimum Gasteiger partial charge on any atom is -0.455 e. The quantitative estimate of drug-likeness (QED) is 0.403. The Morgan fingerprint density at radius 3 is 2.52 bits per heavy atom. The molecule has 1 aliphatic heterocycles. The van der Waals surface area contributed by atoms with Crippen molar-refractivity contribution < 1.29 is 14.3 Å². The molecule has 1 aliphatic carbocycles. The van der Waals surface area contributed by atoms with Gasteiger partial charge in [-0.15, -0.1) is 0 Å². The molecule has 122 valence electrons. The van der Waals surface area contributed by atoms with Crippen molar-refractivity contribution in [3.05, 3.63) is 46.5 Å². The zero-order chi connectivity index (χ0) is 16.7. The first-order valence-corrected chi connectivity index (χ1v) is 8.86. The Morgan fingerprint density at radius 2 is 1.83 bits per heavy atom. The van der Waals surface area contributed by atoms with Gasteiger partial charge in [0, 0.05) is 4.47 Å². The van der Waals surface area contributed by atoms with Gasteiger partial charge in [0.15, 0.2) is 5.78 Å². The van der Waals surface area contributed by atoms with Gasteiger partial charge >= 0.3 is 5.97 Å². The summed E-state index contributed by atoms with van der Waals surface area (Å²) in [6.07, 6.45) is 6.56. The van der Waals surface area contributed by atoms with Crippen molar-refractivity contribution in [1.82, 2.24) is 0 Å². The first kappa shape index (κ1) is 16.4. The van der Waals surface area contributed by atoms with Gasteiger partial charge < -0.3 is 4.74 Å². The third kappa shape index (κ3) is 2.67. The van der Waals surface area contributed by atoms with Crippen molar-refractivity contribution in [2.24, 2.45) is 10.8 Å². The Morgan fingerprint density at radius 1 is 1.13 bits per heavy atom. The summed E-state index contributed by atoms with van der Waals surface area (Å²) >= 11 is 3.40. The number of Topliss-reactive ketones (excluding diaryl/α,β-unsaturated/α-hetero) is 1. The highest BCUT2D eigenvalue weighted by atomic mass is 79.9. The van der Waals surface area contributed by atoms with Gasteiger partial charge in [-0.25, -0.2) is 0 Å². The predicted molar refractivity (Wildman–Crippen MR) is 91.8 cm³/mol. The SMILES string of the molecule is CC1(C)C(=O)C2(C=CCCCC2)C(=O)OC1c1ccc(Br)cc1. The average Bonchev–Trinajstić information content (AvgIpc) is 2.78. The van der Waals surface area contributed by atoms with Crippen LogP contribution in [-0.2, 0) is 14.3 Å². The van der Waals surface area contributed by atoms with E-state index in [9.17, 15) is 9.59 Å². The Balaban J connectivity index is 2.01. The van der Waals surface area contributed by atoms with Gasteiger partial charge in [0.1, 0.15) is 11.5 Å². The second-order valence-corrected chi connectivity index (χ2v) is 7.92. The highest BCUT2D eigenvalue weighted by Gasteiger charge is 2.59. The van der Waals surface area contributed by atoms with E-state index in [4.69, 9.17) is 4.74 Å². The van der Waals surface area contributed by atoms with Crippen molar-refractivity contribution in [2.75, 3.05) is 0 Å². The maximum Gasteiger partial charge on any atom is 0.324 e. The van der Waals surface area contributed by atoms with E-state index in [2.05, 4.69) is 15.9 Å². The number of ether oxygens (including phenoxy) is 1. The van der Waals surface area contributed by atoms with Crippen molar-refractivity contribution in [3.8, 4) is 0 Å².